The fourth-order valence-electron chi connectivity index (χ4n) is 1.60. The van der Waals surface area contributed by atoms with Gasteiger partial charge in [0.2, 0.25) is 11.9 Å². The molecule has 18 heavy (non-hydrogen) atoms. The first kappa shape index (κ1) is 10.8. The first-order valence-corrected chi connectivity index (χ1v) is 5.60. The minimum atomic E-state index is 0.284. The molecule has 0 radical (unpaired) electrons. The third-order valence-corrected chi connectivity index (χ3v) is 2.80. The number of hydrogen-bond donors (Lipinski definition) is 3. The first-order valence-electron chi connectivity index (χ1n) is 5.60. The Kier molecular flexibility index (Phi) is 2.52. The Morgan fingerprint density at radius 2 is 2.11 bits per heavy atom. The molecule has 0 bridgehead atoms. The fourth-order valence-corrected chi connectivity index (χ4v) is 1.60. The maximum absolute atomic E-state index is 5.34. The number of anilines is 2. The molecule has 94 valence electrons. The largest absolute Gasteiger partial charge is 0.351 e. The lowest BCUT2D eigenvalue weighted by Crippen LogP contribution is -2.17. The van der Waals surface area contributed by atoms with Crippen molar-refractivity contribution in [3.8, 4) is 5.95 Å². The molecule has 0 spiro atoms. The molecular formula is C9H13N9. The topological polar surface area (TPSA) is 119 Å². The maximum Gasteiger partial charge on any atom is 0.258 e. The van der Waals surface area contributed by atoms with E-state index in [0.717, 1.165) is 6.42 Å². The Hall–Kier alpha value is -2.29. The normalized spacial score (nSPS) is 21.7. The van der Waals surface area contributed by atoms with Crippen LogP contribution in [0, 0.1) is 5.92 Å². The van der Waals surface area contributed by atoms with Crippen molar-refractivity contribution in [1.82, 2.24) is 29.7 Å². The number of hydrogen-bond acceptors (Lipinski definition) is 8. The summed E-state index contributed by atoms with van der Waals surface area (Å²) >= 11 is 0. The second-order valence-corrected chi connectivity index (χ2v) is 4.23. The average Bonchev–Trinajstić information content (AvgIpc) is 2.86. The summed E-state index contributed by atoms with van der Waals surface area (Å²) in [6, 6.07) is 0.418. The van der Waals surface area contributed by atoms with Crippen LogP contribution in [0.3, 0.4) is 0 Å². The number of nitrogen functional groups attached to an aromatic ring is 1. The van der Waals surface area contributed by atoms with Crippen LogP contribution in [0.25, 0.3) is 5.95 Å². The fraction of sp³-hybridized carbons (Fsp3) is 0.444. The smallest absolute Gasteiger partial charge is 0.258 e. The van der Waals surface area contributed by atoms with Crippen molar-refractivity contribution in [2.75, 3.05) is 10.7 Å². The van der Waals surface area contributed by atoms with Crippen molar-refractivity contribution in [2.24, 2.45) is 11.8 Å². The second-order valence-electron chi connectivity index (χ2n) is 4.23. The molecule has 3 rings (SSSR count). The first-order chi connectivity index (χ1) is 8.76. The Balaban J connectivity index is 1.91. The van der Waals surface area contributed by atoms with Crippen LogP contribution < -0.4 is 16.6 Å². The number of hydrazine groups is 1. The highest BCUT2D eigenvalue weighted by Crippen LogP contribution is 2.31. The van der Waals surface area contributed by atoms with Crippen molar-refractivity contribution in [1.29, 1.82) is 0 Å². The molecule has 2 aromatic heterocycles. The molecule has 2 unspecified atom stereocenters. The summed E-state index contributed by atoms with van der Waals surface area (Å²) in [5, 5.41) is 7.19. The average molecular weight is 247 g/mol. The molecule has 1 saturated carbocycles. The molecular weight excluding hydrogens is 234 g/mol. The van der Waals surface area contributed by atoms with Crippen LogP contribution in [-0.2, 0) is 0 Å². The van der Waals surface area contributed by atoms with E-state index in [1.165, 1.54) is 17.3 Å². The Morgan fingerprint density at radius 3 is 2.72 bits per heavy atom. The lowest BCUT2D eigenvalue weighted by atomic mass is 10.5. The molecule has 9 heteroatoms. The number of rotatable bonds is 4. The zero-order valence-electron chi connectivity index (χ0n) is 9.78. The van der Waals surface area contributed by atoms with Crippen LogP contribution in [0.2, 0.25) is 0 Å². The standard InChI is InChI=1S/C9H13N9/c1-5-2-6(5)13-7-14-8(17-10)16-9(15-7)18-4-11-3-12-18/h3-6H,2,10H2,1H3,(H2,13,14,15,16,17). The van der Waals surface area contributed by atoms with Gasteiger partial charge in [-0.25, -0.2) is 10.8 Å². The summed E-state index contributed by atoms with van der Waals surface area (Å²) in [6.07, 6.45) is 4.05. The zero-order chi connectivity index (χ0) is 12.5. The number of aromatic nitrogens is 6. The summed E-state index contributed by atoms with van der Waals surface area (Å²) in [7, 11) is 0. The van der Waals surface area contributed by atoms with Gasteiger partial charge in [-0.05, 0) is 12.3 Å². The molecule has 2 atom stereocenters. The molecule has 9 nitrogen and oxygen atoms in total. The summed E-state index contributed by atoms with van der Waals surface area (Å²) in [5.41, 5.74) is 2.41. The van der Waals surface area contributed by atoms with E-state index in [4.69, 9.17) is 5.84 Å². The minimum Gasteiger partial charge on any atom is -0.351 e. The van der Waals surface area contributed by atoms with Gasteiger partial charge in [0.05, 0.1) is 0 Å². The lowest BCUT2D eigenvalue weighted by molar-refractivity contribution is 0.791. The van der Waals surface area contributed by atoms with Gasteiger partial charge in [0.1, 0.15) is 12.7 Å². The van der Waals surface area contributed by atoms with Gasteiger partial charge in [-0.2, -0.15) is 24.7 Å². The van der Waals surface area contributed by atoms with E-state index in [1.54, 1.807) is 0 Å². The third kappa shape index (κ3) is 2.07. The van der Waals surface area contributed by atoms with Gasteiger partial charge in [0.25, 0.3) is 5.95 Å². The molecule has 1 aliphatic carbocycles. The lowest BCUT2D eigenvalue weighted by Gasteiger charge is -2.07. The van der Waals surface area contributed by atoms with Crippen molar-refractivity contribution >= 4 is 11.9 Å². The molecule has 0 saturated heterocycles. The summed E-state index contributed by atoms with van der Waals surface area (Å²) in [4.78, 5) is 16.4. The van der Waals surface area contributed by atoms with Crippen molar-refractivity contribution < 1.29 is 0 Å². The van der Waals surface area contributed by atoms with Gasteiger partial charge in [-0.15, -0.1) is 0 Å². The van der Waals surface area contributed by atoms with Crippen LogP contribution in [0.15, 0.2) is 12.7 Å². The van der Waals surface area contributed by atoms with Crippen LogP contribution in [0.4, 0.5) is 11.9 Å². The highest BCUT2D eigenvalue weighted by molar-refractivity contribution is 5.38. The third-order valence-electron chi connectivity index (χ3n) is 2.80. The van der Waals surface area contributed by atoms with E-state index in [9.17, 15) is 0 Å². The van der Waals surface area contributed by atoms with Gasteiger partial charge >= 0.3 is 0 Å². The number of nitrogens with two attached hydrogens (primary N) is 1. The summed E-state index contributed by atoms with van der Waals surface area (Å²) in [5.74, 6) is 7.12. The second kappa shape index (κ2) is 4.18. The molecule has 4 N–H and O–H groups in total. The number of nitrogens with one attached hydrogen (secondary N) is 2. The molecule has 1 aliphatic rings. The quantitative estimate of drug-likeness (QED) is 0.491. The summed E-state index contributed by atoms with van der Waals surface area (Å²) in [6.45, 7) is 2.17. The highest BCUT2D eigenvalue weighted by Gasteiger charge is 2.33. The minimum absolute atomic E-state index is 0.284. The van der Waals surface area contributed by atoms with E-state index in [-0.39, 0.29) is 5.95 Å². The Labute approximate surface area is 103 Å². The highest BCUT2D eigenvalue weighted by atomic mass is 15.4. The predicted octanol–water partition coefficient (Wildman–Crippen LogP) is -0.442. The van der Waals surface area contributed by atoms with E-state index in [1.807, 2.05) is 0 Å². The molecule has 0 amide bonds. The van der Waals surface area contributed by atoms with Crippen molar-refractivity contribution in [3.63, 3.8) is 0 Å². The summed E-state index contributed by atoms with van der Waals surface area (Å²) < 4.78 is 1.45. The van der Waals surface area contributed by atoms with Crippen LogP contribution in [0.1, 0.15) is 13.3 Å². The van der Waals surface area contributed by atoms with E-state index in [2.05, 4.69) is 42.7 Å². The maximum atomic E-state index is 5.34. The van der Waals surface area contributed by atoms with Gasteiger partial charge in [0, 0.05) is 6.04 Å². The van der Waals surface area contributed by atoms with Crippen LogP contribution >= 0.6 is 0 Å². The van der Waals surface area contributed by atoms with Crippen molar-refractivity contribution in [3.05, 3.63) is 12.7 Å². The Morgan fingerprint density at radius 1 is 1.33 bits per heavy atom. The van der Waals surface area contributed by atoms with E-state index >= 15 is 0 Å². The molecule has 2 aromatic rings. The molecule has 2 heterocycles. The van der Waals surface area contributed by atoms with Gasteiger partial charge in [-0.3, -0.25) is 5.43 Å². The van der Waals surface area contributed by atoms with Gasteiger partial charge in [-0.1, -0.05) is 6.92 Å². The SMILES string of the molecule is CC1CC1Nc1nc(NN)nc(-n2cncn2)n1. The number of nitrogens with zero attached hydrogens (tertiary/aromatic N) is 6. The molecule has 0 aromatic carbocycles. The van der Waals surface area contributed by atoms with Gasteiger partial charge in [0.15, 0.2) is 0 Å². The van der Waals surface area contributed by atoms with Crippen molar-refractivity contribution in [2.45, 2.75) is 19.4 Å². The molecule has 0 aliphatic heterocycles. The van der Waals surface area contributed by atoms with Crippen LogP contribution in [-0.4, -0.2) is 35.8 Å². The van der Waals surface area contributed by atoms with E-state index < -0.39 is 0 Å². The Bertz CT molecular complexity index is 537. The predicted molar refractivity (Wildman–Crippen MR) is 63.7 cm³/mol. The van der Waals surface area contributed by atoms with E-state index in [0.29, 0.717) is 23.9 Å². The van der Waals surface area contributed by atoms with Gasteiger partial charge < -0.3 is 5.32 Å². The monoisotopic (exact) mass is 247 g/mol. The molecule has 1 fully saturated rings. The zero-order valence-corrected chi connectivity index (χ0v) is 9.78. The van der Waals surface area contributed by atoms with Crippen LogP contribution in [0.5, 0.6) is 0 Å².